The molecule has 6 heteroatoms. The summed E-state index contributed by atoms with van der Waals surface area (Å²) >= 11 is 0. The van der Waals surface area contributed by atoms with E-state index in [0.717, 1.165) is 25.7 Å². The van der Waals surface area contributed by atoms with Crippen LogP contribution in [0.5, 0.6) is 5.75 Å². The zero-order valence-corrected chi connectivity index (χ0v) is 24.1. The molecule has 0 aliphatic rings. The van der Waals surface area contributed by atoms with Crippen LogP contribution in [-0.2, 0) is 23.0 Å². The summed E-state index contributed by atoms with van der Waals surface area (Å²) in [5.41, 5.74) is 2.50. The van der Waals surface area contributed by atoms with Crippen LogP contribution in [0.2, 0.25) is 0 Å². The maximum Gasteiger partial charge on any atom is 1.00 e. The molecule has 0 amide bonds. The number of aryl methyl sites for hydroxylation is 2. The Balaban J connectivity index is 0.00000961. The topological polar surface area (TPSA) is 66.4 Å². The van der Waals surface area contributed by atoms with Crippen LogP contribution in [0.4, 0.5) is 0 Å². The first kappa shape index (κ1) is 31.9. The molecule has 32 heavy (non-hydrogen) atoms. The number of unbranched alkanes of at least 4 members (excludes halogenated alkanes) is 10. The van der Waals surface area contributed by atoms with E-state index in [2.05, 4.69) is 19.9 Å². The number of ether oxygens (including phenoxy) is 1. The van der Waals surface area contributed by atoms with E-state index in [-0.39, 0.29) is 29.6 Å². The first-order chi connectivity index (χ1) is 14.8. The van der Waals surface area contributed by atoms with E-state index in [1.54, 1.807) is 6.92 Å². The normalized spacial score (nSPS) is 13.4. The van der Waals surface area contributed by atoms with Gasteiger partial charge in [0.1, 0.15) is 22.0 Å². The van der Waals surface area contributed by atoms with E-state index in [1.807, 2.05) is 12.1 Å². The summed E-state index contributed by atoms with van der Waals surface area (Å²) in [5.74, 6) is 0.687. The van der Waals surface area contributed by atoms with Crippen molar-refractivity contribution in [1.29, 1.82) is 0 Å². The first-order valence-corrected chi connectivity index (χ1v) is 14.0. The van der Waals surface area contributed by atoms with Crippen LogP contribution in [0.3, 0.4) is 0 Å². The molecule has 0 saturated carbocycles. The third-order valence-corrected chi connectivity index (χ3v) is 7.40. The molecule has 1 rings (SSSR count). The monoisotopic (exact) mass is 476 g/mol. The smallest absolute Gasteiger partial charge is 0.748 e. The molecule has 0 saturated heterocycles. The molecule has 0 aromatic heterocycles. The number of rotatable bonds is 18. The van der Waals surface area contributed by atoms with Crippen LogP contribution >= 0.6 is 0 Å². The molecule has 180 valence electrons. The molecular weight excluding hydrogens is 431 g/mol. The Morgan fingerprint density at radius 2 is 1.16 bits per heavy atom. The maximum absolute atomic E-state index is 11.4. The van der Waals surface area contributed by atoms with Crippen LogP contribution in [0, 0.1) is 0 Å². The molecule has 2 atom stereocenters. The molecule has 0 aliphatic carbocycles. The summed E-state index contributed by atoms with van der Waals surface area (Å²) in [4.78, 5) is 0. The van der Waals surface area contributed by atoms with E-state index in [9.17, 15) is 13.0 Å². The van der Waals surface area contributed by atoms with Crippen LogP contribution in [0.15, 0.2) is 18.2 Å². The van der Waals surface area contributed by atoms with Gasteiger partial charge >= 0.3 is 29.6 Å². The third kappa shape index (κ3) is 14.2. The molecule has 1 aromatic carbocycles. The van der Waals surface area contributed by atoms with Crippen molar-refractivity contribution in [2.24, 2.45) is 0 Å². The van der Waals surface area contributed by atoms with Crippen molar-refractivity contribution in [3.05, 3.63) is 29.3 Å². The van der Waals surface area contributed by atoms with Crippen LogP contribution in [0.1, 0.15) is 116 Å². The molecule has 1 aromatic rings. The van der Waals surface area contributed by atoms with Gasteiger partial charge in [-0.2, -0.15) is 0 Å². The first-order valence-electron chi connectivity index (χ1n) is 12.5. The fourth-order valence-electron chi connectivity index (χ4n) is 3.85. The largest absolute Gasteiger partial charge is 1.00 e. The molecule has 0 aliphatic heterocycles. The van der Waals surface area contributed by atoms with Gasteiger partial charge in [0, 0.05) is 0 Å². The molecule has 4 nitrogen and oxygen atoms in total. The molecule has 0 fully saturated rings. The van der Waals surface area contributed by atoms with Crippen LogP contribution < -0.4 is 34.3 Å². The Hall–Kier alpha value is -0.0700. The van der Waals surface area contributed by atoms with E-state index in [4.69, 9.17) is 4.74 Å². The minimum atomic E-state index is -4.37. The average molecular weight is 477 g/mol. The second-order valence-corrected chi connectivity index (χ2v) is 10.8. The van der Waals surface area contributed by atoms with Gasteiger partial charge in [-0.1, -0.05) is 84.1 Å². The van der Waals surface area contributed by atoms with E-state index in [1.165, 1.54) is 82.3 Å². The Morgan fingerprint density at radius 1 is 0.750 bits per heavy atom. The summed E-state index contributed by atoms with van der Waals surface area (Å²) in [5, 5.41) is -1.07. The van der Waals surface area contributed by atoms with Crippen molar-refractivity contribution >= 4 is 10.1 Å². The maximum atomic E-state index is 11.4. The Bertz CT molecular complexity index is 672. The average Bonchev–Trinajstić information content (AvgIpc) is 2.71. The minimum absolute atomic E-state index is 0. The summed E-state index contributed by atoms with van der Waals surface area (Å²) in [7, 11) is -4.37. The zero-order chi connectivity index (χ0) is 23.1. The molecule has 0 bridgehead atoms. The van der Waals surface area contributed by atoms with E-state index >= 15 is 0 Å². The van der Waals surface area contributed by atoms with Crippen molar-refractivity contribution in [2.75, 3.05) is 0 Å². The minimum Gasteiger partial charge on any atom is -0.748 e. The quantitative estimate of drug-likeness (QED) is 0.181. The van der Waals surface area contributed by atoms with Gasteiger partial charge < -0.3 is 9.29 Å². The van der Waals surface area contributed by atoms with Gasteiger partial charge in [0.2, 0.25) is 0 Å². The Kier molecular flexibility index (Phi) is 18.2. The standard InChI is InChI=1S/C26H46O4S.Na/c1-5-7-9-11-13-15-17-24-19-25(18-16-14-12-10-8-6-2)21-26(20-24)30-22(3)23(4)31(27,28)29;/h19-23H,5-18H2,1-4H3,(H,27,28,29);/q;+1/p-1. The number of hydrogen-bond donors (Lipinski definition) is 0. The van der Waals surface area contributed by atoms with Gasteiger partial charge in [-0.25, -0.2) is 8.42 Å². The molecular formula is C26H45NaO4S. The Morgan fingerprint density at radius 3 is 1.56 bits per heavy atom. The molecule has 2 unspecified atom stereocenters. The van der Waals surface area contributed by atoms with Crippen molar-refractivity contribution < 1.29 is 47.3 Å². The van der Waals surface area contributed by atoms with E-state index < -0.39 is 21.5 Å². The summed E-state index contributed by atoms with van der Waals surface area (Å²) < 4.78 is 40.0. The van der Waals surface area contributed by atoms with Crippen LogP contribution in [0.25, 0.3) is 0 Å². The summed E-state index contributed by atoms with van der Waals surface area (Å²) in [6.07, 6.45) is 16.5. The van der Waals surface area contributed by atoms with Crippen molar-refractivity contribution in [1.82, 2.24) is 0 Å². The van der Waals surface area contributed by atoms with Crippen molar-refractivity contribution in [3.8, 4) is 5.75 Å². The number of benzene rings is 1. The van der Waals surface area contributed by atoms with Crippen molar-refractivity contribution in [3.63, 3.8) is 0 Å². The number of hydrogen-bond acceptors (Lipinski definition) is 4. The Labute approximate surface area is 220 Å². The zero-order valence-electron chi connectivity index (χ0n) is 21.3. The van der Waals surface area contributed by atoms with E-state index in [0.29, 0.717) is 5.75 Å². The summed E-state index contributed by atoms with van der Waals surface area (Å²) in [6.45, 7) is 7.55. The van der Waals surface area contributed by atoms with Gasteiger partial charge in [-0.15, -0.1) is 0 Å². The SMILES string of the molecule is CCCCCCCCc1cc(CCCCCCCC)cc(OC(C)C(C)S(=O)(=O)[O-])c1.[Na+]. The second-order valence-electron chi connectivity index (χ2n) is 9.04. The predicted octanol–water partition coefficient (Wildman–Crippen LogP) is 4.20. The summed E-state index contributed by atoms with van der Waals surface area (Å²) in [6, 6.07) is 6.33. The molecule has 0 radical (unpaired) electrons. The molecule has 0 N–H and O–H groups in total. The molecule has 0 spiro atoms. The fourth-order valence-corrected chi connectivity index (χ4v) is 4.37. The van der Waals surface area contributed by atoms with Gasteiger partial charge in [-0.3, -0.25) is 0 Å². The third-order valence-electron chi connectivity index (χ3n) is 6.10. The van der Waals surface area contributed by atoms with Gasteiger partial charge in [0.15, 0.2) is 0 Å². The second kappa shape index (κ2) is 18.3. The van der Waals surface area contributed by atoms with Gasteiger partial charge in [0.05, 0.1) is 5.25 Å². The van der Waals surface area contributed by atoms with Crippen molar-refractivity contribution in [2.45, 2.75) is 129 Å². The van der Waals surface area contributed by atoms with Crippen LogP contribution in [-0.4, -0.2) is 24.3 Å². The van der Waals surface area contributed by atoms with Gasteiger partial charge in [-0.05, 0) is 62.8 Å². The predicted molar refractivity (Wildman–Crippen MR) is 130 cm³/mol. The van der Waals surface area contributed by atoms with Gasteiger partial charge in [0.25, 0.3) is 0 Å². The fraction of sp³-hybridized carbons (Fsp3) is 0.769. The molecule has 0 heterocycles.